The summed E-state index contributed by atoms with van der Waals surface area (Å²) in [5.74, 6) is 0.899. The van der Waals surface area contributed by atoms with Crippen molar-refractivity contribution >= 4 is 11.4 Å². The lowest BCUT2D eigenvalue weighted by Gasteiger charge is -2.37. The van der Waals surface area contributed by atoms with E-state index in [1.807, 2.05) is 24.3 Å². The Hall–Kier alpha value is -1.89. The molecule has 0 radical (unpaired) electrons. The standard InChI is InChI=1S/C22H29NO5/c1-25-17-4-2-16(3-5-17)20-15-28-21-14-18(6-7-19(21)22(20)24)27-13-10-23-8-11-26-12-9-23/h2-5,15,18-19,21H,6-14H2,1H3. The van der Waals surface area contributed by atoms with Gasteiger partial charge in [0.25, 0.3) is 0 Å². The molecule has 1 aromatic carbocycles. The van der Waals surface area contributed by atoms with Crippen LogP contribution in [0.15, 0.2) is 30.5 Å². The second-order valence-corrected chi connectivity index (χ2v) is 7.67. The topological polar surface area (TPSA) is 57.2 Å². The van der Waals surface area contributed by atoms with Crippen molar-refractivity contribution in [3.8, 4) is 5.75 Å². The summed E-state index contributed by atoms with van der Waals surface area (Å²) >= 11 is 0. The monoisotopic (exact) mass is 387 g/mol. The molecule has 1 saturated carbocycles. The highest BCUT2D eigenvalue weighted by Gasteiger charge is 2.40. The Balaban J connectivity index is 1.30. The Bertz CT molecular complexity index is 695. The van der Waals surface area contributed by atoms with Crippen LogP contribution in [-0.4, -0.2) is 69.5 Å². The summed E-state index contributed by atoms with van der Waals surface area (Å²) < 4.78 is 22.6. The minimum absolute atomic E-state index is 0.0683. The number of rotatable bonds is 6. The summed E-state index contributed by atoms with van der Waals surface area (Å²) in [4.78, 5) is 15.4. The lowest BCUT2D eigenvalue weighted by Crippen LogP contribution is -2.42. The molecule has 3 atom stereocenters. The summed E-state index contributed by atoms with van der Waals surface area (Å²) in [6.45, 7) is 5.25. The Morgan fingerprint density at radius 2 is 1.93 bits per heavy atom. The molecule has 0 bridgehead atoms. The number of methoxy groups -OCH3 is 1. The molecule has 1 aliphatic carbocycles. The quantitative estimate of drug-likeness (QED) is 0.748. The number of hydrogen-bond acceptors (Lipinski definition) is 6. The molecule has 28 heavy (non-hydrogen) atoms. The van der Waals surface area contributed by atoms with Gasteiger partial charge in [-0.05, 0) is 30.5 Å². The first-order valence-electron chi connectivity index (χ1n) is 10.2. The van der Waals surface area contributed by atoms with E-state index in [0.717, 1.165) is 70.0 Å². The number of hydrogen-bond donors (Lipinski definition) is 0. The summed E-state index contributed by atoms with van der Waals surface area (Å²) in [5, 5.41) is 0. The molecule has 3 unspecified atom stereocenters. The third kappa shape index (κ3) is 4.40. The highest BCUT2D eigenvalue weighted by atomic mass is 16.5. The zero-order valence-corrected chi connectivity index (χ0v) is 16.5. The number of Topliss-reactive ketones (excluding diaryl/α,β-unsaturated/α-hetero) is 1. The molecule has 2 fully saturated rings. The van der Waals surface area contributed by atoms with E-state index < -0.39 is 0 Å². The Kier molecular flexibility index (Phi) is 6.29. The van der Waals surface area contributed by atoms with Crippen LogP contribution in [0.5, 0.6) is 5.75 Å². The molecular weight excluding hydrogens is 358 g/mol. The van der Waals surface area contributed by atoms with Crippen molar-refractivity contribution in [3.63, 3.8) is 0 Å². The van der Waals surface area contributed by atoms with Gasteiger partial charge in [-0.2, -0.15) is 0 Å². The maximum Gasteiger partial charge on any atom is 0.173 e. The van der Waals surface area contributed by atoms with Crippen molar-refractivity contribution < 1.29 is 23.7 Å². The van der Waals surface area contributed by atoms with Crippen molar-refractivity contribution in [2.45, 2.75) is 31.5 Å². The van der Waals surface area contributed by atoms with Gasteiger partial charge in [-0.25, -0.2) is 0 Å². The summed E-state index contributed by atoms with van der Waals surface area (Å²) in [7, 11) is 1.63. The SMILES string of the molecule is COc1ccc(C2=COC3CC(OCCN4CCOCC4)CCC3C2=O)cc1. The van der Waals surface area contributed by atoms with Gasteiger partial charge in [0, 0.05) is 26.1 Å². The van der Waals surface area contributed by atoms with Gasteiger partial charge in [0.2, 0.25) is 0 Å². The largest absolute Gasteiger partial charge is 0.497 e. The van der Waals surface area contributed by atoms with Gasteiger partial charge >= 0.3 is 0 Å². The first kappa shape index (κ1) is 19.4. The van der Waals surface area contributed by atoms with Crippen LogP contribution in [0, 0.1) is 5.92 Å². The minimum atomic E-state index is -0.0726. The number of morpholine rings is 1. The normalized spacial score (nSPS) is 28.2. The van der Waals surface area contributed by atoms with E-state index in [9.17, 15) is 4.79 Å². The molecule has 2 heterocycles. The van der Waals surface area contributed by atoms with Crippen LogP contribution in [0.1, 0.15) is 24.8 Å². The van der Waals surface area contributed by atoms with Gasteiger partial charge < -0.3 is 18.9 Å². The number of carbonyl (C=O) groups is 1. The molecule has 0 N–H and O–H groups in total. The predicted molar refractivity (Wildman–Crippen MR) is 105 cm³/mol. The predicted octanol–water partition coefficient (Wildman–Crippen LogP) is 2.52. The number of allylic oxidation sites excluding steroid dienone is 1. The van der Waals surface area contributed by atoms with Crippen molar-refractivity contribution in [1.82, 2.24) is 4.90 Å². The lowest BCUT2D eigenvalue weighted by molar-refractivity contribution is -0.128. The third-order valence-corrected chi connectivity index (χ3v) is 5.97. The van der Waals surface area contributed by atoms with Crippen molar-refractivity contribution in [2.24, 2.45) is 5.92 Å². The molecule has 0 spiro atoms. The van der Waals surface area contributed by atoms with E-state index in [2.05, 4.69) is 4.90 Å². The van der Waals surface area contributed by atoms with Crippen LogP contribution < -0.4 is 4.74 Å². The fraction of sp³-hybridized carbons (Fsp3) is 0.591. The molecule has 6 nitrogen and oxygen atoms in total. The number of benzene rings is 1. The molecule has 152 valence electrons. The van der Waals surface area contributed by atoms with E-state index in [4.69, 9.17) is 18.9 Å². The number of ether oxygens (including phenoxy) is 4. The molecule has 4 rings (SSSR count). The molecular formula is C22H29NO5. The fourth-order valence-electron chi connectivity index (χ4n) is 4.26. The highest BCUT2D eigenvalue weighted by molar-refractivity contribution is 6.22. The average Bonchev–Trinajstić information content (AvgIpc) is 2.75. The number of carbonyl (C=O) groups excluding carboxylic acids is 1. The van der Waals surface area contributed by atoms with Gasteiger partial charge in [-0.1, -0.05) is 12.1 Å². The van der Waals surface area contributed by atoms with E-state index in [-0.39, 0.29) is 23.9 Å². The lowest BCUT2D eigenvalue weighted by atomic mass is 9.78. The second-order valence-electron chi connectivity index (χ2n) is 7.67. The smallest absolute Gasteiger partial charge is 0.173 e. The highest BCUT2D eigenvalue weighted by Crippen LogP contribution is 2.37. The van der Waals surface area contributed by atoms with Gasteiger partial charge in [-0.3, -0.25) is 9.69 Å². The Morgan fingerprint density at radius 1 is 1.14 bits per heavy atom. The summed E-state index contributed by atoms with van der Waals surface area (Å²) in [5.41, 5.74) is 1.55. The van der Waals surface area contributed by atoms with Gasteiger partial charge in [-0.15, -0.1) is 0 Å². The van der Waals surface area contributed by atoms with E-state index in [0.29, 0.717) is 5.57 Å². The molecule has 3 aliphatic rings. The van der Waals surface area contributed by atoms with E-state index >= 15 is 0 Å². The van der Waals surface area contributed by atoms with Crippen LogP contribution in [0.2, 0.25) is 0 Å². The average molecular weight is 387 g/mol. The number of nitrogens with zero attached hydrogens (tertiary/aromatic N) is 1. The third-order valence-electron chi connectivity index (χ3n) is 5.97. The van der Waals surface area contributed by atoms with Crippen molar-refractivity contribution in [3.05, 3.63) is 36.1 Å². The van der Waals surface area contributed by atoms with Gasteiger partial charge in [0.05, 0.1) is 50.8 Å². The van der Waals surface area contributed by atoms with Crippen LogP contribution in [-0.2, 0) is 19.0 Å². The summed E-state index contributed by atoms with van der Waals surface area (Å²) in [6, 6.07) is 7.56. The van der Waals surface area contributed by atoms with E-state index in [1.54, 1.807) is 13.4 Å². The number of fused-ring (bicyclic) bond motifs is 1. The maximum absolute atomic E-state index is 13.0. The van der Waals surface area contributed by atoms with Crippen LogP contribution >= 0.6 is 0 Å². The molecule has 6 heteroatoms. The summed E-state index contributed by atoms with van der Waals surface area (Å²) in [6.07, 6.45) is 4.25. The molecule has 1 saturated heterocycles. The van der Waals surface area contributed by atoms with Gasteiger partial charge in [0.1, 0.15) is 11.9 Å². The fourth-order valence-corrected chi connectivity index (χ4v) is 4.26. The Labute approximate surface area is 166 Å². The van der Waals surface area contributed by atoms with Crippen LogP contribution in [0.4, 0.5) is 0 Å². The second kappa shape index (κ2) is 9.07. The maximum atomic E-state index is 13.0. The number of ketones is 1. The molecule has 1 aromatic rings. The molecule has 0 amide bonds. The first-order chi connectivity index (χ1) is 13.7. The van der Waals surface area contributed by atoms with Crippen molar-refractivity contribution in [2.75, 3.05) is 46.6 Å². The van der Waals surface area contributed by atoms with Crippen LogP contribution in [0.25, 0.3) is 5.57 Å². The zero-order chi connectivity index (χ0) is 19.3. The molecule has 0 aromatic heterocycles. The molecule has 2 aliphatic heterocycles. The zero-order valence-electron chi connectivity index (χ0n) is 16.5. The van der Waals surface area contributed by atoms with Crippen LogP contribution in [0.3, 0.4) is 0 Å². The van der Waals surface area contributed by atoms with Gasteiger partial charge in [0.15, 0.2) is 5.78 Å². The first-order valence-corrected chi connectivity index (χ1v) is 10.2. The minimum Gasteiger partial charge on any atom is -0.497 e. The Morgan fingerprint density at radius 3 is 2.68 bits per heavy atom. The van der Waals surface area contributed by atoms with Crippen molar-refractivity contribution in [1.29, 1.82) is 0 Å². The van der Waals surface area contributed by atoms with E-state index in [1.165, 1.54) is 0 Å².